The van der Waals surface area contributed by atoms with E-state index in [0.717, 1.165) is 11.3 Å². The van der Waals surface area contributed by atoms with Gasteiger partial charge in [0.1, 0.15) is 6.10 Å². The summed E-state index contributed by atoms with van der Waals surface area (Å²) in [7, 11) is -3.72. The van der Waals surface area contributed by atoms with Gasteiger partial charge in [-0.15, -0.1) is 0 Å². The van der Waals surface area contributed by atoms with Crippen LogP contribution in [0.2, 0.25) is 5.02 Å². The molecule has 2 aromatic rings. The largest absolute Gasteiger partial charge is 0.443 e. The number of amides is 1. The predicted molar refractivity (Wildman–Crippen MR) is 95.4 cm³/mol. The van der Waals surface area contributed by atoms with E-state index >= 15 is 0 Å². The molecule has 1 heterocycles. The van der Waals surface area contributed by atoms with E-state index in [1.807, 2.05) is 31.2 Å². The van der Waals surface area contributed by atoms with E-state index in [1.54, 1.807) is 12.1 Å². The van der Waals surface area contributed by atoms with E-state index in [4.69, 9.17) is 16.3 Å². The number of halogens is 1. The van der Waals surface area contributed by atoms with Gasteiger partial charge in [-0.1, -0.05) is 29.8 Å². The van der Waals surface area contributed by atoms with Gasteiger partial charge >= 0.3 is 6.09 Å². The number of aryl methyl sites for hydroxylation is 1. The molecule has 1 saturated heterocycles. The lowest BCUT2D eigenvalue weighted by Crippen LogP contribution is -2.34. The van der Waals surface area contributed by atoms with Crippen LogP contribution in [0.15, 0.2) is 53.4 Å². The molecule has 0 aromatic heterocycles. The Hall–Kier alpha value is -2.09. The number of cyclic esters (lactones) is 1. The number of carbonyl (C=O) groups is 1. The van der Waals surface area contributed by atoms with Crippen LogP contribution in [0.5, 0.6) is 0 Å². The molecule has 1 atom stereocenters. The van der Waals surface area contributed by atoms with Gasteiger partial charge in [0.05, 0.1) is 11.4 Å². The summed E-state index contributed by atoms with van der Waals surface area (Å²) < 4.78 is 32.3. The number of rotatable bonds is 5. The highest BCUT2D eigenvalue weighted by atomic mass is 35.5. The molecule has 3 rings (SSSR count). The first kappa shape index (κ1) is 17.7. The van der Waals surface area contributed by atoms with Gasteiger partial charge in [-0.05, 0) is 42.8 Å². The van der Waals surface area contributed by atoms with Crippen molar-refractivity contribution in [3.63, 3.8) is 0 Å². The van der Waals surface area contributed by atoms with Crippen molar-refractivity contribution in [1.29, 1.82) is 0 Å². The van der Waals surface area contributed by atoms with Gasteiger partial charge in [-0.25, -0.2) is 17.9 Å². The Morgan fingerprint density at radius 1 is 1.24 bits per heavy atom. The van der Waals surface area contributed by atoms with E-state index < -0.39 is 22.2 Å². The Balaban J connectivity index is 1.66. The number of ether oxygens (including phenoxy) is 1. The number of carbonyl (C=O) groups excluding carboxylic acids is 1. The molecule has 25 heavy (non-hydrogen) atoms. The van der Waals surface area contributed by atoms with Crippen molar-refractivity contribution < 1.29 is 17.9 Å². The van der Waals surface area contributed by atoms with Crippen molar-refractivity contribution in [2.75, 3.05) is 18.0 Å². The number of benzene rings is 2. The third kappa shape index (κ3) is 4.12. The minimum Gasteiger partial charge on any atom is -0.443 e. The Kier molecular flexibility index (Phi) is 4.99. The average molecular weight is 381 g/mol. The number of hydrogen-bond donors (Lipinski definition) is 1. The fraction of sp³-hybridized carbons (Fsp3) is 0.235. The zero-order chi connectivity index (χ0) is 18.0. The summed E-state index contributed by atoms with van der Waals surface area (Å²) in [5, 5.41) is 0.334. The van der Waals surface area contributed by atoms with Crippen LogP contribution in [0.1, 0.15) is 5.56 Å². The summed E-state index contributed by atoms with van der Waals surface area (Å²) in [6.07, 6.45) is -1.06. The van der Waals surface area contributed by atoms with Crippen LogP contribution < -0.4 is 9.62 Å². The molecule has 1 aliphatic heterocycles. The molecule has 1 fully saturated rings. The first-order valence-corrected chi connectivity index (χ1v) is 9.51. The van der Waals surface area contributed by atoms with Gasteiger partial charge in [0.2, 0.25) is 10.0 Å². The van der Waals surface area contributed by atoms with Crippen LogP contribution in [0.25, 0.3) is 0 Å². The molecule has 0 spiro atoms. The molecule has 0 saturated carbocycles. The molecule has 6 nitrogen and oxygen atoms in total. The molecule has 8 heteroatoms. The van der Waals surface area contributed by atoms with Crippen LogP contribution in [-0.4, -0.2) is 33.7 Å². The van der Waals surface area contributed by atoms with Crippen molar-refractivity contribution in [1.82, 2.24) is 4.72 Å². The topological polar surface area (TPSA) is 75.7 Å². The van der Waals surface area contributed by atoms with Gasteiger partial charge in [0.25, 0.3) is 0 Å². The van der Waals surface area contributed by atoms with Crippen LogP contribution in [0.3, 0.4) is 0 Å². The molecule has 1 N–H and O–H groups in total. The van der Waals surface area contributed by atoms with Gasteiger partial charge in [0.15, 0.2) is 0 Å². The standard InChI is InChI=1S/C17H17ClN2O4S/c1-12-4-2-6-14(8-12)20-11-15(24-17(20)21)10-19-25(22,23)16-7-3-5-13(18)9-16/h2-9,15,19H,10-11H2,1H3. The zero-order valence-electron chi connectivity index (χ0n) is 13.5. The molecular formula is C17H17ClN2O4S. The van der Waals surface area contributed by atoms with Gasteiger partial charge in [0, 0.05) is 17.3 Å². The van der Waals surface area contributed by atoms with E-state index in [1.165, 1.54) is 17.0 Å². The lowest BCUT2D eigenvalue weighted by molar-refractivity contribution is 0.143. The fourth-order valence-corrected chi connectivity index (χ4v) is 3.92. The van der Waals surface area contributed by atoms with Crippen LogP contribution in [-0.2, 0) is 14.8 Å². The summed E-state index contributed by atoms with van der Waals surface area (Å²) in [5.74, 6) is 0. The van der Waals surface area contributed by atoms with Gasteiger partial charge < -0.3 is 4.74 Å². The predicted octanol–water partition coefficient (Wildman–Crippen LogP) is 2.95. The highest BCUT2D eigenvalue weighted by molar-refractivity contribution is 7.89. The summed E-state index contributed by atoms with van der Waals surface area (Å²) >= 11 is 5.83. The van der Waals surface area contributed by atoms with Crippen molar-refractivity contribution in [2.45, 2.75) is 17.9 Å². The third-order valence-corrected chi connectivity index (χ3v) is 5.45. The van der Waals surface area contributed by atoms with Crippen LogP contribution in [0.4, 0.5) is 10.5 Å². The Labute approximate surface area is 151 Å². The normalized spacial score (nSPS) is 17.6. The number of anilines is 1. The number of nitrogens with one attached hydrogen (secondary N) is 1. The minimum atomic E-state index is -3.72. The number of hydrogen-bond acceptors (Lipinski definition) is 4. The second-order valence-corrected chi connectivity index (χ2v) is 7.97. The molecule has 1 unspecified atom stereocenters. The SMILES string of the molecule is Cc1cccc(N2CC(CNS(=O)(=O)c3cccc(Cl)c3)OC2=O)c1. The first-order chi connectivity index (χ1) is 11.8. The lowest BCUT2D eigenvalue weighted by atomic mass is 10.2. The molecule has 132 valence electrons. The lowest BCUT2D eigenvalue weighted by Gasteiger charge is -2.13. The maximum Gasteiger partial charge on any atom is 0.414 e. The monoisotopic (exact) mass is 380 g/mol. The molecule has 0 bridgehead atoms. The van der Waals surface area contributed by atoms with Gasteiger partial charge in [-0.3, -0.25) is 4.90 Å². The number of sulfonamides is 1. The Bertz CT molecular complexity index is 901. The van der Waals surface area contributed by atoms with Gasteiger partial charge in [-0.2, -0.15) is 0 Å². The molecule has 1 aliphatic rings. The second kappa shape index (κ2) is 7.03. The van der Waals surface area contributed by atoms with Crippen molar-refractivity contribution in [3.05, 3.63) is 59.1 Å². The molecule has 0 aliphatic carbocycles. The highest BCUT2D eigenvalue weighted by Gasteiger charge is 2.33. The maximum atomic E-state index is 12.3. The van der Waals surface area contributed by atoms with Crippen LogP contribution in [0, 0.1) is 6.92 Å². The van der Waals surface area contributed by atoms with Crippen molar-refractivity contribution in [3.8, 4) is 0 Å². The molecule has 0 radical (unpaired) electrons. The zero-order valence-corrected chi connectivity index (χ0v) is 15.0. The summed E-state index contributed by atoms with van der Waals surface area (Å²) in [6, 6.07) is 13.4. The second-order valence-electron chi connectivity index (χ2n) is 5.76. The summed E-state index contributed by atoms with van der Waals surface area (Å²) in [6.45, 7) is 2.20. The third-order valence-electron chi connectivity index (χ3n) is 3.79. The van der Waals surface area contributed by atoms with E-state index in [9.17, 15) is 13.2 Å². The molecule has 2 aromatic carbocycles. The van der Waals surface area contributed by atoms with Crippen molar-refractivity contribution in [2.24, 2.45) is 0 Å². The Morgan fingerprint density at radius 2 is 2.00 bits per heavy atom. The first-order valence-electron chi connectivity index (χ1n) is 7.65. The summed E-state index contributed by atoms with van der Waals surface area (Å²) in [4.78, 5) is 13.6. The van der Waals surface area contributed by atoms with Crippen molar-refractivity contribution >= 4 is 33.4 Å². The smallest absolute Gasteiger partial charge is 0.414 e. The van der Waals surface area contributed by atoms with E-state index in [0.29, 0.717) is 5.02 Å². The number of nitrogens with zero attached hydrogens (tertiary/aromatic N) is 1. The molecular weight excluding hydrogens is 364 g/mol. The fourth-order valence-electron chi connectivity index (χ4n) is 2.55. The molecule has 1 amide bonds. The van der Waals surface area contributed by atoms with E-state index in [2.05, 4.69) is 4.72 Å². The minimum absolute atomic E-state index is 0.0110. The Morgan fingerprint density at radius 3 is 2.72 bits per heavy atom. The van der Waals surface area contributed by atoms with E-state index in [-0.39, 0.29) is 18.0 Å². The highest BCUT2D eigenvalue weighted by Crippen LogP contribution is 2.22. The average Bonchev–Trinajstić information content (AvgIpc) is 2.94. The van der Waals surface area contributed by atoms with Crippen LogP contribution >= 0.6 is 11.6 Å². The maximum absolute atomic E-state index is 12.3. The quantitative estimate of drug-likeness (QED) is 0.865. The summed E-state index contributed by atoms with van der Waals surface area (Å²) in [5.41, 5.74) is 1.75.